The molecule has 1 aromatic carbocycles. The monoisotopic (exact) mass is 399 g/mol. The summed E-state index contributed by atoms with van der Waals surface area (Å²) in [5.41, 5.74) is 1.01. The van der Waals surface area contributed by atoms with Crippen LogP contribution in [0.4, 0.5) is 0 Å². The fourth-order valence-corrected chi connectivity index (χ4v) is 4.40. The Hall–Kier alpha value is -2.45. The highest BCUT2D eigenvalue weighted by atomic mass is 32.2. The van der Waals surface area contributed by atoms with Crippen LogP contribution in [0.25, 0.3) is 10.7 Å². The number of thioether (sulfide) groups is 1. The molecule has 2 aromatic heterocycles. The van der Waals surface area contributed by atoms with E-state index in [-0.39, 0.29) is 11.8 Å². The molecule has 6 nitrogen and oxygen atoms in total. The van der Waals surface area contributed by atoms with Crippen LogP contribution < -0.4 is 0 Å². The third-order valence-corrected chi connectivity index (χ3v) is 6.14. The second kappa shape index (κ2) is 8.06. The Morgan fingerprint density at radius 1 is 1.04 bits per heavy atom. The number of benzene rings is 1. The molecular formula is C19H17N3O3S2. The predicted octanol–water partition coefficient (Wildman–Crippen LogP) is 3.76. The Balaban J connectivity index is 1.18. The van der Waals surface area contributed by atoms with Gasteiger partial charge in [0, 0.05) is 18.7 Å². The number of hydrogen-bond acceptors (Lipinski definition) is 7. The molecule has 0 spiro atoms. The summed E-state index contributed by atoms with van der Waals surface area (Å²) >= 11 is 3.30. The van der Waals surface area contributed by atoms with E-state index >= 15 is 0 Å². The molecule has 0 N–H and O–H groups in total. The molecule has 3 aromatic rings. The number of nitrogens with zero attached hydrogens (tertiary/aromatic N) is 3. The van der Waals surface area contributed by atoms with E-state index in [1.807, 2.05) is 17.5 Å². The summed E-state index contributed by atoms with van der Waals surface area (Å²) in [6.07, 6.45) is 1.62. The molecule has 8 heteroatoms. The minimum atomic E-state index is -0.192. The van der Waals surface area contributed by atoms with Crippen molar-refractivity contribution in [3.8, 4) is 10.7 Å². The van der Waals surface area contributed by atoms with Crippen molar-refractivity contribution in [2.45, 2.75) is 12.8 Å². The first kappa shape index (κ1) is 17.9. The minimum absolute atomic E-state index is 0.192. The minimum Gasteiger partial charge on any atom is -0.339 e. The second-order valence-corrected chi connectivity index (χ2v) is 8.18. The Kier molecular flexibility index (Phi) is 5.35. The number of fused-ring (bicyclic) bond motifs is 1. The van der Waals surface area contributed by atoms with E-state index in [9.17, 15) is 9.59 Å². The summed E-state index contributed by atoms with van der Waals surface area (Å²) in [7, 11) is 0. The van der Waals surface area contributed by atoms with Crippen molar-refractivity contribution in [3.05, 3.63) is 58.8 Å². The lowest BCUT2D eigenvalue weighted by Crippen LogP contribution is -2.31. The smallest absolute Gasteiger partial charge is 0.261 e. The molecule has 0 unspecified atom stereocenters. The average Bonchev–Trinajstić information content (AvgIpc) is 3.41. The molecule has 0 saturated carbocycles. The van der Waals surface area contributed by atoms with Gasteiger partial charge in [0.2, 0.25) is 11.7 Å². The Morgan fingerprint density at radius 2 is 1.81 bits per heavy atom. The summed E-state index contributed by atoms with van der Waals surface area (Å²) in [6.45, 7) is 0.431. The van der Waals surface area contributed by atoms with Crippen LogP contribution in [0.3, 0.4) is 0 Å². The van der Waals surface area contributed by atoms with Gasteiger partial charge < -0.3 is 4.52 Å². The van der Waals surface area contributed by atoms with Gasteiger partial charge >= 0.3 is 0 Å². The number of thiophene rings is 1. The van der Waals surface area contributed by atoms with Gasteiger partial charge in [0.25, 0.3) is 11.8 Å². The Bertz CT molecular complexity index is 918. The van der Waals surface area contributed by atoms with E-state index in [0.29, 0.717) is 29.4 Å². The lowest BCUT2D eigenvalue weighted by Gasteiger charge is -2.13. The molecule has 0 fully saturated rings. The maximum atomic E-state index is 12.3. The van der Waals surface area contributed by atoms with Crippen LogP contribution in [0.5, 0.6) is 0 Å². The predicted molar refractivity (Wildman–Crippen MR) is 105 cm³/mol. The molecule has 138 valence electrons. The van der Waals surface area contributed by atoms with Crippen LogP contribution in [0.2, 0.25) is 0 Å². The number of carbonyl (C=O) groups is 2. The normalized spacial score (nSPS) is 13.4. The van der Waals surface area contributed by atoms with Crippen molar-refractivity contribution in [2.75, 3.05) is 18.1 Å². The van der Waals surface area contributed by atoms with Crippen LogP contribution in [-0.2, 0) is 6.42 Å². The standard InChI is InChI=1S/C19H17N3O3S2/c23-18-13-5-1-2-6-14(13)19(24)22(18)9-12-26-10-4-8-16-20-17(21-25-16)15-7-3-11-27-15/h1-3,5-7,11H,4,8-10,12H2. The van der Waals surface area contributed by atoms with Gasteiger partial charge in [0.15, 0.2) is 0 Å². The number of rotatable bonds is 8. The van der Waals surface area contributed by atoms with Crippen molar-refractivity contribution in [3.63, 3.8) is 0 Å². The summed E-state index contributed by atoms with van der Waals surface area (Å²) in [5.74, 6) is 2.51. The maximum Gasteiger partial charge on any atom is 0.261 e. The first-order valence-electron chi connectivity index (χ1n) is 8.63. The zero-order valence-electron chi connectivity index (χ0n) is 14.5. The molecule has 1 aliphatic rings. The molecule has 0 radical (unpaired) electrons. The quantitative estimate of drug-likeness (QED) is 0.424. The van der Waals surface area contributed by atoms with Gasteiger partial charge in [-0.2, -0.15) is 16.7 Å². The molecule has 0 saturated heterocycles. The van der Waals surface area contributed by atoms with Crippen LogP contribution in [-0.4, -0.2) is 44.9 Å². The van der Waals surface area contributed by atoms with Crippen LogP contribution in [0.1, 0.15) is 33.0 Å². The number of aromatic nitrogens is 2. The highest BCUT2D eigenvalue weighted by molar-refractivity contribution is 7.99. The fourth-order valence-electron chi connectivity index (χ4n) is 2.89. The molecule has 27 heavy (non-hydrogen) atoms. The largest absolute Gasteiger partial charge is 0.339 e. The summed E-state index contributed by atoms with van der Waals surface area (Å²) in [4.78, 5) is 31.3. The fraction of sp³-hybridized carbons (Fsp3) is 0.263. The van der Waals surface area contributed by atoms with E-state index in [2.05, 4.69) is 10.1 Å². The van der Waals surface area contributed by atoms with Gasteiger partial charge in [0.05, 0.1) is 16.0 Å². The highest BCUT2D eigenvalue weighted by Gasteiger charge is 2.34. The third kappa shape index (κ3) is 3.81. The Morgan fingerprint density at radius 3 is 2.52 bits per heavy atom. The molecule has 0 atom stereocenters. The number of aryl methyl sites for hydroxylation is 1. The van der Waals surface area contributed by atoms with E-state index in [1.165, 1.54) is 4.90 Å². The van der Waals surface area contributed by atoms with E-state index in [4.69, 9.17) is 4.52 Å². The van der Waals surface area contributed by atoms with Crippen molar-refractivity contribution in [1.82, 2.24) is 15.0 Å². The zero-order valence-corrected chi connectivity index (χ0v) is 16.1. The van der Waals surface area contributed by atoms with Crippen LogP contribution in [0.15, 0.2) is 46.3 Å². The van der Waals surface area contributed by atoms with Gasteiger partial charge in [-0.05, 0) is 35.8 Å². The lowest BCUT2D eigenvalue weighted by atomic mass is 10.1. The molecule has 0 bridgehead atoms. The third-order valence-electron chi connectivity index (χ3n) is 4.23. The molecule has 2 amide bonds. The average molecular weight is 399 g/mol. The van der Waals surface area contributed by atoms with E-state index in [0.717, 1.165) is 29.2 Å². The molecule has 1 aliphatic heterocycles. The second-order valence-electron chi connectivity index (χ2n) is 6.01. The van der Waals surface area contributed by atoms with Crippen molar-refractivity contribution in [2.24, 2.45) is 0 Å². The topological polar surface area (TPSA) is 76.3 Å². The highest BCUT2D eigenvalue weighted by Crippen LogP contribution is 2.23. The van der Waals surface area contributed by atoms with Gasteiger partial charge in [-0.1, -0.05) is 23.4 Å². The van der Waals surface area contributed by atoms with E-state index in [1.54, 1.807) is 47.4 Å². The maximum absolute atomic E-state index is 12.3. The van der Waals surface area contributed by atoms with Crippen molar-refractivity contribution in [1.29, 1.82) is 0 Å². The number of carbonyl (C=O) groups excluding carboxylic acids is 2. The lowest BCUT2D eigenvalue weighted by molar-refractivity contribution is 0.0664. The van der Waals surface area contributed by atoms with Crippen LogP contribution in [0, 0.1) is 0 Å². The summed E-state index contributed by atoms with van der Waals surface area (Å²) in [5, 5.41) is 5.98. The SMILES string of the molecule is O=C1c2ccccc2C(=O)N1CCSCCCc1nc(-c2cccs2)no1. The van der Waals surface area contributed by atoms with Gasteiger partial charge in [-0.15, -0.1) is 11.3 Å². The number of imide groups is 1. The van der Waals surface area contributed by atoms with Gasteiger partial charge in [-0.3, -0.25) is 14.5 Å². The van der Waals surface area contributed by atoms with E-state index < -0.39 is 0 Å². The molecule has 4 rings (SSSR count). The molecule has 3 heterocycles. The van der Waals surface area contributed by atoms with Crippen molar-refractivity contribution >= 4 is 34.9 Å². The first-order valence-corrected chi connectivity index (χ1v) is 10.7. The molecule has 0 aliphatic carbocycles. The first-order chi connectivity index (χ1) is 13.2. The van der Waals surface area contributed by atoms with Gasteiger partial charge in [-0.25, -0.2) is 0 Å². The number of amides is 2. The summed E-state index contributed by atoms with van der Waals surface area (Å²) in [6, 6.07) is 10.9. The number of hydrogen-bond donors (Lipinski definition) is 0. The van der Waals surface area contributed by atoms with Gasteiger partial charge in [0.1, 0.15) is 0 Å². The summed E-state index contributed by atoms with van der Waals surface area (Å²) < 4.78 is 5.28. The van der Waals surface area contributed by atoms with Crippen molar-refractivity contribution < 1.29 is 14.1 Å². The van der Waals surface area contributed by atoms with Crippen LogP contribution >= 0.6 is 23.1 Å². The Labute approximate surface area is 164 Å². The molecular weight excluding hydrogens is 382 g/mol. The zero-order chi connectivity index (χ0) is 18.6.